The molecule has 1 rings (SSSR count). The van der Waals surface area contributed by atoms with Crippen LogP contribution in [0.5, 0.6) is 5.75 Å². The molecule has 1 aromatic rings. The molecule has 3 heteroatoms. The first-order valence-electron chi connectivity index (χ1n) is 8.10. The van der Waals surface area contributed by atoms with Crippen LogP contribution in [0.1, 0.15) is 56.7 Å². The Labute approximate surface area is 129 Å². The summed E-state index contributed by atoms with van der Waals surface area (Å²) in [5.41, 5.74) is 8.48. The highest BCUT2D eigenvalue weighted by molar-refractivity contribution is 5.39. The molecule has 2 N–H and O–H groups in total. The summed E-state index contributed by atoms with van der Waals surface area (Å²) in [6.45, 7) is 7.87. The summed E-state index contributed by atoms with van der Waals surface area (Å²) >= 11 is 0. The summed E-state index contributed by atoms with van der Waals surface area (Å²) in [4.78, 5) is 0. The van der Waals surface area contributed by atoms with Crippen molar-refractivity contribution in [2.45, 2.75) is 52.5 Å². The fraction of sp³-hybridized carbons (Fsp3) is 0.667. The number of unbranched alkanes of at least 4 members (excludes halogenated alkanes) is 1. The third kappa shape index (κ3) is 6.06. The molecule has 0 fully saturated rings. The van der Waals surface area contributed by atoms with E-state index in [0.717, 1.165) is 17.9 Å². The van der Waals surface area contributed by atoms with Crippen LogP contribution in [0.25, 0.3) is 0 Å². The maximum atomic E-state index is 6.26. The van der Waals surface area contributed by atoms with Crippen molar-refractivity contribution < 1.29 is 9.47 Å². The normalized spacial score (nSPS) is 14.0. The van der Waals surface area contributed by atoms with Gasteiger partial charge in [-0.15, -0.1) is 0 Å². The van der Waals surface area contributed by atoms with Crippen molar-refractivity contribution >= 4 is 0 Å². The van der Waals surface area contributed by atoms with Gasteiger partial charge in [-0.05, 0) is 25.3 Å². The maximum absolute atomic E-state index is 6.26. The SMILES string of the molecule is CCCCC(CC)COCC(N)c1cc(C)ccc1OC. The fourth-order valence-corrected chi connectivity index (χ4v) is 2.49. The lowest BCUT2D eigenvalue weighted by Crippen LogP contribution is -2.20. The molecule has 3 nitrogen and oxygen atoms in total. The molecule has 120 valence electrons. The molecule has 0 aliphatic rings. The van der Waals surface area contributed by atoms with Crippen molar-refractivity contribution in [2.75, 3.05) is 20.3 Å². The van der Waals surface area contributed by atoms with Crippen LogP contribution in [-0.2, 0) is 4.74 Å². The second kappa shape index (κ2) is 9.80. The standard InChI is InChI=1S/C18H31NO2/c1-5-7-8-15(6-2)12-21-13-17(19)16-11-14(3)9-10-18(16)20-4/h9-11,15,17H,5-8,12-13,19H2,1-4H3. The number of ether oxygens (including phenoxy) is 2. The Morgan fingerprint density at radius 3 is 2.57 bits per heavy atom. The second-order valence-electron chi connectivity index (χ2n) is 5.81. The minimum absolute atomic E-state index is 0.136. The number of methoxy groups -OCH3 is 1. The van der Waals surface area contributed by atoms with E-state index >= 15 is 0 Å². The number of hydrogen-bond donors (Lipinski definition) is 1. The average Bonchev–Trinajstić information content (AvgIpc) is 2.50. The predicted octanol–water partition coefficient (Wildman–Crippen LogP) is 4.24. The van der Waals surface area contributed by atoms with Gasteiger partial charge in [-0.25, -0.2) is 0 Å². The molecule has 0 spiro atoms. The van der Waals surface area contributed by atoms with Gasteiger partial charge in [0.15, 0.2) is 0 Å². The first-order chi connectivity index (χ1) is 10.1. The number of rotatable bonds is 10. The van der Waals surface area contributed by atoms with Gasteiger partial charge in [0.25, 0.3) is 0 Å². The lowest BCUT2D eigenvalue weighted by atomic mass is 10.0. The zero-order valence-electron chi connectivity index (χ0n) is 14.0. The third-order valence-corrected chi connectivity index (χ3v) is 3.98. The monoisotopic (exact) mass is 293 g/mol. The van der Waals surface area contributed by atoms with E-state index in [1.165, 1.54) is 31.2 Å². The maximum Gasteiger partial charge on any atom is 0.123 e. The molecule has 0 aliphatic carbocycles. The third-order valence-electron chi connectivity index (χ3n) is 3.98. The van der Waals surface area contributed by atoms with Gasteiger partial charge in [0.05, 0.1) is 19.8 Å². The number of hydrogen-bond acceptors (Lipinski definition) is 3. The summed E-state index contributed by atoms with van der Waals surface area (Å²) in [7, 11) is 1.68. The molecular weight excluding hydrogens is 262 g/mol. The van der Waals surface area contributed by atoms with E-state index in [4.69, 9.17) is 15.2 Å². The highest BCUT2D eigenvalue weighted by Gasteiger charge is 2.13. The molecule has 0 saturated heterocycles. The van der Waals surface area contributed by atoms with Gasteiger partial charge < -0.3 is 15.2 Å². The lowest BCUT2D eigenvalue weighted by Gasteiger charge is -2.19. The Bertz CT molecular complexity index is 406. The van der Waals surface area contributed by atoms with E-state index in [-0.39, 0.29) is 6.04 Å². The van der Waals surface area contributed by atoms with E-state index in [2.05, 4.69) is 26.8 Å². The first-order valence-corrected chi connectivity index (χ1v) is 8.10. The summed E-state index contributed by atoms with van der Waals surface area (Å²) in [6.07, 6.45) is 4.94. The summed E-state index contributed by atoms with van der Waals surface area (Å²) < 4.78 is 11.2. The van der Waals surface area contributed by atoms with Gasteiger partial charge in [0.2, 0.25) is 0 Å². The molecule has 0 aromatic heterocycles. The van der Waals surface area contributed by atoms with Crippen LogP contribution < -0.4 is 10.5 Å². The first kappa shape index (κ1) is 18.0. The summed E-state index contributed by atoms with van der Waals surface area (Å²) in [6, 6.07) is 5.96. The minimum atomic E-state index is -0.136. The van der Waals surface area contributed by atoms with E-state index in [0.29, 0.717) is 12.5 Å². The Balaban J connectivity index is 2.49. The number of aryl methyl sites for hydroxylation is 1. The van der Waals surface area contributed by atoms with Gasteiger partial charge in [-0.2, -0.15) is 0 Å². The minimum Gasteiger partial charge on any atom is -0.496 e. The number of benzene rings is 1. The van der Waals surface area contributed by atoms with Crippen molar-refractivity contribution in [1.29, 1.82) is 0 Å². The molecule has 0 amide bonds. The smallest absolute Gasteiger partial charge is 0.123 e. The van der Waals surface area contributed by atoms with Crippen LogP contribution in [-0.4, -0.2) is 20.3 Å². The van der Waals surface area contributed by atoms with Gasteiger partial charge in [-0.3, -0.25) is 0 Å². The number of nitrogens with two attached hydrogens (primary N) is 1. The highest BCUT2D eigenvalue weighted by Crippen LogP contribution is 2.25. The van der Waals surface area contributed by atoms with Crippen molar-refractivity contribution in [3.8, 4) is 5.75 Å². The lowest BCUT2D eigenvalue weighted by molar-refractivity contribution is 0.0833. The van der Waals surface area contributed by atoms with Crippen molar-refractivity contribution in [1.82, 2.24) is 0 Å². The molecule has 0 aliphatic heterocycles. The largest absolute Gasteiger partial charge is 0.496 e. The van der Waals surface area contributed by atoms with Gasteiger partial charge in [-0.1, -0.05) is 50.8 Å². The molecule has 0 heterocycles. The van der Waals surface area contributed by atoms with E-state index in [1.54, 1.807) is 7.11 Å². The Hall–Kier alpha value is -1.06. The zero-order valence-corrected chi connectivity index (χ0v) is 14.0. The Kier molecular flexibility index (Phi) is 8.40. The van der Waals surface area contributed by atoms with E-state index in [1.807, 2.05) is 12.1 Å². The van der Waals surface area contributed by atoms with E-state index < -0.39 is 0 Å². The van der Waals surface area contributed by atoms with Crippen molar-refractivity contribution in [3.63, 3.8) is 0 Å². The summed E-state index contributed by atoms with van der Waals surface area (Å²) in [5.74, 6) is 1.49. The molecule has 1 aromatic carbocycles. The fourth-order valence-electron chi connectivity index (χ4n) is 2.49. The Morgan fingerprint density at radius 1 is 1.19 bits per heavy atom. The van der Waals surface area contributed by atoms with Gasteiger partial charge >= 0.3 is 0 Å². The van der Waals surface area contributed by atoms with E-state index in [9.17, 15) is 0 Å². The van der Waals surface area contributed by atoms with Crippen molar-refractivity contribution in [3.05, 3.63) is 29.3 Å². The molecule has 0 bridgehead atoms. The van der Waals surface area contributed by atoms with Crippen LogP contribution in [0, 0.1) is 12.8 Å². The molecule has 0 radical (unpaired) electrons. The van der Waals surface area contributed by atoms with Crippen LogP contribution in [0.2, 0.25) is 0 Å². The van der Waals surface area contributed by atoms with Gasteiger partial charge in [0, 0.05) is 12.2 Å². The summed E-state index contributed by atoms with van der Waals surface area (Å²) in [5, 5.41) is 0. The predicted molar refractivity (Wildman–Crippen MR) is 88.8 cm³/mol. The van der Waals surface area contributed by atoms with Crippen LogP contribution in [0.4, 0.5) is 0 Å². The van der Waals surface area contributed by atoms with Crippen LogP contribution in [0.3, 0.4) is 0 Å². The van der Waals surface area contributed by atoms with Crippen LogP contribution in [0.15, 0.2) is 18.2 Å². The highest BCUT2D eigenvalue weighted by atomic mass is 16.5. The second-order valence-corrected chi connectivity index (χ2v) is 5.81. The van der Waals surface area contributed by atoms with Gasteiger partial charge in [0.1, 0.15) is 5.75 Å². The zero-order chi connectivity index (χ0) is 15.7. The Morgan fingerprint density at radius 2 is 1.95 bits per heavy atom. The topological polar surface area (TPSA) is 44.5 Å². The molecule has 21 heavy (non-hydrogen) atoms. The van der Waals surface area contributed by atoms with Crippen molar-refractivity contribution in [2.24, 2.45) is 11.7 Å². The molecule has 2 unspecified atom stereocenters. The van der Waals surface area contributed by atoms with Crippen LogP contribution >= 0.6 is 0 Å². The average molecular weight is 293 g/mol. The molecule has 0 saturated carbocycles. The molecule has 2 atom stereocenters. The molecular formula is C18H31NO2. The quantitative estimate of drug-likeness (QED) is 0.702.